The number of nitriles is 1. The summed E-state index contributed by atoms with van der Waals surface area (Å²) in [6.07, 6.45) is 1.50. The standard InChI is InChI=1S/C15H21BrN2O/c1-11-8-13(16)9-12(4-6-17)14(11)19-7-5-15(2,3)10-18/h8-9H,4-7,17H2,1-3H3. The summed E-state index contributed by atoms with van der Waals surface area (Å²) >= 11 is 3.49. The molecule has 0 radical (unpaired) electrons. The number of nitrogens with two attached hydrogens (primary N) is 1. The molecule has 0 aliphatic heterocycles. The van der Waals surface area contributed by atoms with Gasteiger partial charge in [-0.25, -0.2) is 0 Å². The maximum atomic E-state index is 8.99. The number of aryl methyl sites for hydroxylation is 1. The lowest BCUT2D eigenvalue weighted by Crippen LogP contribution is -2.14. The summed E-state index contributed by atoms with van der Waals surface area (Å²) in [5.41, 5.74) is 7.49. The summed E-state index contributed by atoms with van der Waals surface area (Å²) in [4.78, 5) is 0. The first-order valence-electron chi connectivity index (χ1n) is 6.43. The summed E-state index contributed by atoms with van der Waals surface area (Å²) in [7, 11) is 0. The van der Waals surface area contributed by atoms with Gasteiger partial charge in [-0.05, 0) is 63.4 Å². The zero-order valence-corrected chi connectivity index (χ0v) is 13.4. The molecule has 3 nitrogen and oxygen atoms in total. The predicted molar refractivity (Wildman–Crippen MR) is 81.1 cm³/mol. The molecule has 104 valence electrons. The average Bonchev–Trinajstić information content (AvgIpc) is 2.33. The minimum atomic E-state index is -0.350. The van der Waals surface area contributed by atoms with E-state index in [1.165, 1.54) is 0 Å². The molecular formula is C15H21BrN2O. The second kappa shape index (κ2) is 6.93. The van der Waals surface area contributed by atoms with Crippen molar-refractivity contribution in [3.8, 4) is 11.8 Å². The summed E-state index contributed by atoms with van der Waals surface area (Å²) < 4.78 is 6.93. The van der Waals surface area contributed by atoms with Gasteiger partial charge in [0, 0.05) is 4.47 Å². The van der Waals surface area contributed by atoms with Crippen molar-refractivity contribution in [3.05, 3.63) is 27.7 Å². The van der Waals surface area contributed by atoms with Crippen LogP contribution in [0.4, 0.5) is 0 Å². The Morgan fingerprint density at radius 2 is 2.11 bits per heavy atom. The molecule has 0 unspecified atom stereocenters. The van der Waals surface area contributed by atoms with E-state index < -0.39 is 0 Å². The quantitative estimate of drug-likeness (QED) is 0.870. The van der Waals surface area contributed by atoms with E-state index in [1.54, 1.807) is 0 Å². The zero-order chi connectivity index (χ0) is 14.5. The molecule has 1 aromatic rings. The van der Waals surface area contributed by atoms with Crippen LogP contribution in [0.5, 0.6) is 5.75 Å². The lowest BCUT2D eigenvalue weighted by atomic mass is 9.92. The summed E-state index contributed by atoms with van der Waals surface area (Å²) in [6, 6.07) is 6.36. The first-order valence-corrected chi connectivity index (χ1v) is 7.22. The zero-order valence-electron chi connectivity index (χ0n) is 11.8. The van der Waals surface area contributed by atoms with Gasteiger partial charge in [-0.1, -0.05) is 15.9 Å². The van der Waals surface area contributed by atoms with Crippen LogP contribution < -0.4 is 10.5 Å². The Balaban J connectivity index is 2.80. The highest BCUT2D eigenvalue weighted by atomic mass is 79.9. The van der Waals surface area contributed by atoms with Gasteiger partial charge in [0.05, 0.1) is 18.1 Å². The Kier molecular flexibility index (Phi) is 5.84. The minimum Gasteiger partial charge on any atom is -0.493 e. The van der Waals surface area contributed by atoms with E-state index in [0.29, 0.717) is 19.6 Å². The van der Waals surface area contributed by atoms with Gasteiger partial charge in [0.2, 0.25) is 0 Å². The normalized spacial score (nSPS) is 11.2. The van der Waals surface area contributed by atoms with E-state index in [9.17, 15) is 0 Å². The monoisotopic (exact) mass is 324 g/mol. The van der Waals surface area contributed by atoms with Crippen molar-refractivity contribution in [2.45, 2.75) is 33.6 Å². The largest absolute Gasteiger partial charge is 0.493 e. The van der Waals surface area contributed by atoms with Crippen molar-refractivity contribution in [2.24, 2.45) is 11.1 Å². The first-order chi connectivity index (χ1) is 8.89. The van der Waals surface area contributed by atoms with Crippen molar-refractivity contribution >= 4 is 15.9 Å². The van der Waals surface area contributed by atoms with Crippen LogP contribution in [0, 0.1) is 23.7 Å². The minimum absolute atomic E-state index is 0.350. The molecule has 0 aliphatic carbocycles. The van der Waals surface area contributed by atoms with Gasteiger partial charge in [0.25, 0.3) is 0 Å². The van der Waals surface area contributed by atoms with Crippen LogP contribution in [0.1, 0.15) is 31.4 Å². The third-order valence-corrected chi connectivity index (χ3v) is 3.46. The average molecular weight is 325 g/mol. The molecule has 0 aromatic heterocycles. The van der Waals surface area contributed by atoms with E-state index in [4.69, 9.17) is 15.7 Å². The number of rotatable bonds is 6. The topological polar surface area (TPSA) is 59.0 Å². The lowest BCUT2D eigenvalue weighted by molar-refractivity contribution is 0.261. The fourth-order valence-corrected chi connectivity index (χ4v) is 2.43. The van der Waals surface area contributed by atoms with Crippen molar-refractivity contribution in [1.82, 2.24) is 0 Å². The number of benzene rings is 1. The van der Waals surface area contributed by atoms with Crippen molar-refractivity contribution in [2.75, 3.05) is 13.2 Å². The van der Waals surface area contributed by atoms with Gasteiger partial charge < -0.3 is 10.5 Å². The smallest absolute Gasteiger partial charge is 0.125 e. The molecule has 0 saturated heterocycles. The molecule has 0 atom stereocenters. The molecule has 0 fully saturated rings. The predicted octanol–water partition coefficient (Wildman–Crippen LogP) is 3.58. The summed E-state index contributed by atoms with van der Waals surface area (Å²) in [5, 5.41) is 8.99. The van der Waals surface area contributed by atoms with Gasteiger partial charge >= 0.3 is 0 Å². The molecule has 0 spiro atoms. The van der Waals surface area contributed by atoms with Crippen LogP contribution >= 0.6 is 15.9 Å². The Hall–Kier alpha value is -1.05. The number of hydrogen-bond acceptors (Lipinski definition) is 3. The van der Waals surface area contributed by atoms with Crippen molar-refractivity contribution < 1.29 is 4.74 Å². The lowest BCUT2D eigenvalue weighted by Gasteiger charge is -2.18. The molecule has 0 amide bonds. The van der Waals surface area contributed by atoms with Crippen LogP contribution in [0.25, 0.3) is 0 Å². The molecule has 0 bridgehead atoms. The fraction of sp³-hybridized carbons (Fsp3) is 0.533. The van der Waals surface area contributed by atoms with E-state index >= 15 is 0 Å². The molecule has 4 heteroatoms. The van der Waals surface area contributed by atoms with Gasteiger partial charge in [-0.2, -0.15) is 5.26 Å². The highest BCUT2D eigenvalue weighted by Gasteiger charge is 2.17. The van der Waals surface area contributed by atoms with E-state index in [-0.39, 0.29) is 5.41 Å². The Morgan fingerprint density at radius 1 is 1.42 bits per heavy atom. The van der Waals surface area contributed by atoms with E-state index in [0.717, 1.165) is 27.8 Å². The van der Waals surface area contributed by atoms with Crippen LogP contribution in [0.15, 0.2) is 16.6 Å². The van der Waals surface area contributed by atoms with Crippen LogP contribution in [0.2, 0.25) is 0 Å². The third kappa shape index (κ3) is 4.85. The molecule has 1 aromatic carbocycles. The summed E-state index contributed by atoms with van der Waals surface area (Å²) in [6.45, 7) is 7.00. The van der Waals surface area contributed by atoms with E-state index in [1.807, 2.05) is 32.9 Å². The van der Waals surface area contributed by atoms with Crippen LogP contribution in [-0.2, 0) is 6.42 Å². The maximum Gasteiger partial charge on any atom is 0.125 e. The molecule has 0 aliphatic rings. The molecule has 0 saturated carbocycles. The fourth-order valence-electron chi connectivity index (χ4n) is 1.81. The molecule has 19 heavy (non-hydrogen) atoms. The highest BCUT2D eigenvalue weighted by molar-refractivity contribution is 9.10. The van der Waals surface area contributed by atoms with Gasteiger partial charge in [0.1, 0.15) is 5.75 Å². The number of ether oxygens (including phenoxy) is 1. The maximum absolute atomic E-state index is 8.99. The van der Waals surface area contributed by atoms with Crippen molar-refractivity contribution in [3.63, 3.8) is 0 Å². The van der Waals surface area contributed by atoms with Crippen LogP contribution in [0.3, 0.4) is 0 Å². The second-order valence-corrected chi connectivity index (χ2v) is 6.26. The van der Waals surface area contributed by atoms with Crippen LogP contribution in [-0.4, -0.2) is 13.2 Å². The second-order valence-electron chi connectivity index (χ2n) is 5.34. The summed E-state index contributed by atoms with van der Waals surface area (Å²) in [5.74, 6) is 0.905. The molecule has 0 heterocycles. The molecule has 1 rings (SSSR count). The Bertz CT molecular complexity index is 478. The van der Waals surface area contributed by atoms with E-state index in [2.05, 4.69) is 22.0 Å². The number of halogens is 1. The highest BCUT2D eigenvalue weighted by Crippen LogP contribution is 2.29. The first kappa shape index (κ1) is 16.0. The third-order valence-electron chi connectivity index (χ3n) is 3.01. The molecule has 2 N–H and O–H groups in total. The van der Waals surface area contributed by atoms with Gasteiger partial charge in [0.15, 0.2) is 0 Å². The number of hydrogen-bond donors (Lipinski definition) is 1. The molecular weight excluding hydrogens is 304 g/mol. The number of nitrogens with zero attached hydrogens (tertiary/aromatic N) is 1. The Morgan fingerprint density at radius 3 is 2.68 bits per heavy atom. The van der Waals surface area contributed by atoms with Crippen molar-refractivity contribution in [1.29, 1.82) is 5.26 Å². The Labute approximate surface area is 123 Å². The van der Waals surface area contributed by atoms with Gasteiger partial charge in [-0.3, -0.25) is 0 Å². The van der Waals surface area contributed by atoms with Gasteiger partial charge in [-0.15, -0.1) is 0 Å². The SMILES string of the molecule is Cc1cc(Br)cc(CCN)c1OCCC(C)(C)C#N.